The number of ether oxygens (including phenoxy) is 1. The first kappa shape index (κ1) is 14.9. The summed E-state index contributed by atoms with van der Waals surface area (Å²) in [5.41, 5.74) is 2.33. The fraction of sp³-hybridized carbons (Fsp3) is 0.562. The number of carbonyl (C=O) groups is 1. The Labute approximate surface area is 120 Å². The molecule has 1 aliphatic rings. The van der Waals surface area contributed by atoms with Gasteiger partial charge >= 0.3 is 5.97 Å². The predicted octanol–water partition coefficient (Wildman–Crippen LogP) is 3.45. The van der Waals surface area contributed by atoms with E-state index >= 15 is 0 Å². The number of carboxylic acid groups (broad SMARTS) is 1. The second-order valence-electron chi connectivity index (χ2n) is 5.48. The van der Waals surface area contributed by atoms with Crippen LogP contribution in [0, 0.1) is 6.92 Å². The van der Waals surface area contributed by atoms with Gasteiger partial charge in [-0.15, -0.1) is 0 Å². The molecule has 1 saturated heterocycles. The quantitative estimate of drug-likeness (QED) is 0.865. The van der Waals surface area contributed by atoms with Crippen molar-refractivity contribution in [1.29, 1.82) is 0 Å². The second kappa shape index (κ2) is 6.75. The lowest BCUT2D eigenvalue weighted by atomic mass is 9.99. The van der Waals surface area contributed by atoms with Crippen LogP contribution in [0.1, 0.15) is 48.5 Å². The molecular formula is C16H23NO3. The highest BCUT2D eigenvalue weighted by molar-refractivity contribution is 5.89. The molecule has 0 radical (unpaired) electrons. The van der Waals surface area contributed by atoms with Gasteiger partial charge in [-0.3, -0.25) is 0 Å². The molecule has 2 rings (SSSR count). The van der Waals surface area contributed by atoms with Gasteiger partial charge in [0, 0.05) is 18.3 Å². The van der Waals surface area contributed by atoms with Crippen molar-refractivity contribution in [1.82, 2.24) is 0 Å². The first-order valence-electron chi connectivity index (χ1n) is 7.32. The molecule has 1 fully saturated rings. The Bertz CT molecular complexity index is 471. The minimum atomic E-state index is -0.885. The standard InChI is InChI=1S/C16H23NO3/c1-3-4-14-10-13(7-8-20-14)17-15-9-12(16(18)19)6-5-11(15)2/h5-6,9,13-14,17H,3-4,7-8,10H2,1-2H3,(H,18,19). The number of rotatable bonds is 5. The summed E-state index contributed by atoms with van der Waals surface area (Å²) in [6.45, 7) is 4.94. The molecular weight excluding hydrogens is 254 g/mol. The summed E-state index contributed by atoms with van der Waals surface area (Å²) in [5.74, 6) is -0.885. The number of anilines is 1. The van der Waals surface area contributed by atoms with Gasteiger partial charge in [-0.05, 0) is 43.9 Å². The van der Waals surface area contributed by atoms with Crippen LogP contribution in [0.15, 0.2) is 18.2 Å². The Morgan fingerprint density at radius 1 is 1.50 bits per heavy atom. The van der Waals surface area contributed by atoms with Crippen LogP contribution in [0.3, 0.4) is 0 Å². The minimum absolute atomic E-state index is 0.328. The number of aryl methyl sites for hydroxylation is 1. The molecule has 2 atom stereocenters. The Balaban J connectivity index is 2.05. The zero-order valence-electron chi connectivity index (χ0n) is 12.2. The number of aromatic carboxylic acids is 1. The molecule has 1 aliphatic heterocycles. The van der Waals surface area contributed by atoms with Crippen LogP contribution in [-0.2, 0) is 4.74 Å². The molecule has 0 bridgehead atoms. The smallest absolute Gasteiger partial charge is 0.335 e. The fourth-order valence-corrected chi connectivity index (χ4v) is 2.66. The van der Waals surface area contributed by atoms with Crippen LogP contribution >= 0.6 is 0 Å². The Morgan fingerprint density at radius 2 is 2.30 bits per heavy atom. The zero-order valence-corrected chi connectivity index (χ0v) is 12.2. The number of nitrogens with one attached hydrogen (secondary N) is 1. The van der Waals surface area contributed by atoms with E-state index in [0.717, 1.165) is 43.5 Å². The van der Waals surface area contributed by atoms with E-state index in [1.54, 1.807) is 12.1 Å². The van der Waals surface area contributed by atoms with E-state index in [-0.39, 0.29) is 0 Å². The molecule has 1 heterocycles. The molecule has 2 unspecified atom stereocenters. The van der Waals surface area contributed by atoms with Gasteiger partial charge in [0.15, 0.2) is 0 Å². The van der Waals surface area contributed by atoms with Gasteiger partial charge < -0.3 is 15.2 Å². The zero-order chi connectivity index (χ0) is 14.5. The summed E-state index contributed by atoms with van der Waals surface area (Å²) >= 11 is 0. The molecule has 0 spiro atoms. The van der Waals surface area contributed by atoms with E-state index in [2.05, 4.69) is 12.2 Å². The summed E-state index contributed by atoms with van der Waals surface area (Å²) in [5, 5.41) is 12.6. The lowest BCUT2D eigenvalue weighted by Crippen LogP contribution is -2.34. The maximum atomic E-state index is 11.0. The van der Waals surface area contributed by atoms with Gasteiger partial charge in [-0.1, -0.05) is 19.4 Å². The third kappa shape index (κ3) is 3.73. The van der Waals surface area contributed by atoms with E-state index in [4.69, 9.17) is 9.84 Å². The van der Waals surface area contributed by atoms with Crippen LogP contribution in [0.4, 0.5) is 5.69 Å². The Hall–Kier alpha value is -1.55. The summed E-state index contributed by atoms with van der Waals surface area (Å²) in [6, 6.07) is 5.59. The third-order valence-corrected chi connectivity index (χ3v) is 3.82. The van der Waals surface area contributed by atoms with Gasteiger partial charge in [0.05, 0.1) is 11.7 Å². The molecule has 20 heavy (non-hydrogen) atoms. The van der Waals surface area contributed by atoms with Crippen LogP contribution in [-0.4, -0.2) is 29.8 Å². The lowest BCUT2D eigenvalue weighted by molar-refractivity contribution is 0.00596. The number of hydrogen-bond donors (Lipinski definition) is 2. The van der Waals surface area contributed by atoms with Crippen molar-refractivity contribution >= 4 is 11.7 Å². The van der Waals surface area contributed by atoms with Crippen LogP contribution in [0.2, 0.25) is 0 Å². The van der Waals surface area contributed by atoms with Crippen LogP contribution in [0.5, 0.6) is 0 Å². The van der Waals surface area contributed by atoms with E-state index in [0.29, 0.717) is 17.7 Å². The maximum Gasteiger partial charge on any atom is 0.335 e. The van der Waals surface area contributed by atoms with Gasteiger partial charge in [0.1, 0.15) is 0 Å². The molecule has 4 nitrogen and oxygen atoms in total. The van der Waals surface area contributed by atoms with Crippen LogP contribution in [0.25, 0.3) is 0 Å². The average Bonchev–Trinajstić information content (AvgIpc) is 2.42. The van der Waals surface area contributed by atoms with Crippen LogP contribution < -0.4 is 5.32 Å². The van der Waals surface area contributed by atoms with Gasteiger partial charge in [-0.25, -0.2) is 4.79 Å². The van der Waals surface area contributed by atoms with Crippen molar-refractivity contribution in [3.63, 3.8) is 0 Å². The van der Waals surface area contributed by atoms with E-state index < -0.39 is 5.97 Å². The highest BCUT2D eigenvalue weighted by atomic mass is 16.5. The first-order chi connectivity index (χ1) is 9.60. The van der Waals surface area contributed by atoms with E-state index in [1.165, 1.54) is 0 Å². The highest BCUT2D eigenvalue weighted by Gasteiger charge is 2.22. The molecule has 110 valence electrons. The fourth-order valence-electron chi connectivity index (χ4n) is 2.66. The summed E-state index contributed by atoms with van der Waals surface area (Å²) in [6.07, 6.45) is 4.51. The number of carboxylic acids is 1. The largest absolute Gasteiger partial charge is 0.478 e. The molecule has 1 aromatic carbocycles. The highest BCUT2D eigenvalue weighted by Crippen LogP contribution is 2.24. The molecule has 0 aromatic heterocycles. The summed E-state index contributed by atoms with van der Waals surface area (Å²) < 4.78 is 5.74. The van der Waals surface area contributed by atoms with Crippen molar-refractivity contribution in [2.24, 2.45) is 0 Å². The van der Waals surface area contributed by atoms with Gasteiger partial charge in [0.2, 0.25) is 0 Å². The topological polar surface area (TPSA) is 58.6 Å². The minimum Gasteiger partial charge on any atom is -0.478 e. The normalized spacial score (nSPS) is 22.5. The Kier molecular flexibility index (Phi) is 5.01. The van der Waals surface area contributed by atoms with Crippen molar-refractivity contribution in [2.45, 2.75) is 51.7 Å². The second-order valence-corrected chi connectivity index (χ2v) is 5.48. The third-order valence-electron chi connectivity index (χ3n) is 3.82. The number of benzene rings is 1. The maximum absolute atomic E-state index is 11.0. The SMILES string of the molecule is CCCC1CC(Nc2cc(C(=O)O)ccc2C)CCO1. The first-order valence-corrected chi connectivity index (χ1v) is 7.32. The van der Waals surface area contributed by atoms with Crippen molar-refractivity contribution < 1.29 is 14.6 Å². The Morgan fingerprint density at radius 3 is 3.00 bits per heavy atom. The molecule has 4 heteroatoms. The summed E-state index contributed by atoms with van der Waals surface area (Å²) in [4.78, 5) is 11.0. The van der Waals surface area contributed by atoms with Crippen molar-refractivity contribution in [2.75, 3.05) is 11.9 Å². The van der Waals surface area contributed by atoms with Gasteiger partial charge in [0.25, 0.3) is 0 Å². The molecule has 2 N–H and O–H groups in total. The monoisotopic (exact) mass is 277 g/mol. The molecule has 1 aromatic rings. The molecule has 0 saturated carbocycles. The average molecular weight is 277 g/mol. The van der Waals surface area contributed by atoms with Crippen molar-refractivity contribution in [3.05, 3.63) is 29.3 Å². The van der Waals surface area contributed by atoms with E-state index in [1.807, 2.05) is 13.0 Å². The molecule has 0 amide bonds. The van der Waals surface area contributed by atoms with Crippen molar-refractivity contribution in [3.8, 4) is 0 Å². The lowest BCUT2D eigenvalue weighted by Gasteiger charge is -2.31. The summed E-state index contributed by atoms with van der Waals surface area (Å²) in [7, 11) is 0. The number of hydrogen-bond acceptors (Lipinski definition) is 3. The predicted molar refractivity (Wildman–Crippen MR) is 79.4 cm³/mol. The van der Waals surface area contributed by atoms with E-state index in [9.17, 15) is 4.79 Å². The molecule has 0 aliphatic carbocycles. The van der Waals surface area contributed by atoms with Gasteiger partial charge in [-0.2, -0.15) is 0 Å².